The highest BCUT2D eigenvalue weighted by molar-refractivity contribution is 14.1. The van der Waals surface area contributed by atoms with Crippen LogP contribution in [0.3, 0.4) is 0 Å². The first-order valence-corrected chi connectivity index (χ1v) is 7.58. The Morgan fingerprint density at radius 2 is 2.20 bits per heavy atom. The van der Waals surface area contributed by atoms with Gasteiger partial charge in [0.2, 0.25) is 0 Å². The quantitative estimate of drug-likeness (QED) is 0.412. The maximum absolute atomic E-state index is 11.6. The van der Waals surface area contributed by atoms with Gasteiger partial charge in [-0.25, -0.2) is 0 Å². The predicted molar refractivity (Wildman–Crippen MR) is 59.2 cm³/mol. The van der Waals surface area contributed by atoms with E-state index in [2.05, 4.69) is 22.6 Å². The zero-order chi connectivity index (χ0) is 10.8. The molecule has 0 aromatic rings. The van der Waals surface area contributed by atoms with E-state index in [1.54, 1.807) is 0 Å². The van der Waals surface area contributed by atoms with Gasteiger partial charge in [-0.2, -0.15) is 8.42 Å². The Morgan fingerprint density at radius 3 is 2.87 bits per heavy atom. The minimum Gasteiger partial charge on any atom is -0.368 e. The molecule has 15 heavy (non-hydrogen) atoms. The van der Waals surface area contributed by atoms with Crippen LogP contribution < -0.4 is 0 Å². The maximum Gasteiger partial charge on any atom is 0.273 e. The number of hydrogen-bond acceptors (Lipinski definition) is 5. The lowest BCUT2D eigenvalue weighted by Crippen LogP contribution is -2.41. The van der Waals surface area contributed by atoms with Crippen LogP contribution in [0.1, 0.15) is 13.3 Å². The van der Waals surface area contributed by atoms with Crippen LogP contribution in [0.4, 0.5) is 0 Å². The molecular weight excluding hydrogens is 335 g/mol. The van der Waals surface area contributed by atoms with Gasteiger partial charge in [0.1, 0.15) is 27.7 Å². The van der Waals surface area contributed by atoms with Crippen molar-refractivity contribution in [3.8, 4) is 0 Å². The van der Waals surface area contributed by atoms with Gasteiger partial charge in [0.25, 0.3) is 10.1 Å². The fraction of sp³-hybridized carbons (Fsp3) is 1.00. The Morgan fingerprint density at radius 1 is 1.47 bits per heavy atom. The van der Waals surface area contributed by atoms with Crippen molar-refractivity contribution in [2.75, 3.05) is 0 Å². The number of hydrogen-bond donors (Lipinski definition) is 0. The Hall–Kier alpha value is 0.560. The van der Waals surface area contributed by atoms with Crippen molar-refractivity contribution in [2.45, 2.75) is 47.1 Å². The molecule has 0 aromatic carbocycles. The van der Waals surface area contributed by atoms with E-state index in [4.69, 9.17) is 13.7 Å². The topological polar surface area (TPSA) is 61.8 Å². The molecule has 3 rings (SSSR count). The molecule has 3 heterocycles. The van der Waals surface area contributed by atoms with Crippen molar-refractivity contribution in [1.82, 2.24) is 0 Å². The van der Waals surface area contributed by atoms with Crippen LogP contribution in [-0.4, -0.2) is 42.2 Å². The molecule has 3 fully saturated rings. The molecule has 0 N–H and O–H groups in total. The van der Waals surface area contributed by atoms with Gasteiger partial charge in [-0.3, -0.25) is 4.18 Å². The fourth-order valence-corrected chi connectivity index (χ4v) is 4.59. The van der Waals surface area contributed by atoms with E-state index in [-0.39, 0.29) is 22.4 Å². The molecule has 5 nitrogen and oxygen atoms in total. The van der Waals surface area contributed by atoms with Gasteiger partial charge in [0, 0.05) is 0 Å². The van der Waals surface area contributed by atoms with Crippen LogP contribution >= 0.6 is 22.6 Å². The normalized spacial score (nSPS) is 52.3. The van der Waals surface area contributed by atoms with Crippen molar-refractivity contribution in [2.24, 2.45) is 0 Å². The third-order valence-corrected chi connectivity index (χ3v) is 5.12. The Balaban J connectivity index is 1.88. The van der Waals surface area contributed by atoms with Crippen LogP contribution in [0.25, 0.3) is 0 Å². The summed E-state index contributed by atoms with van der Waals surface area (Å²) in [5.41, 5.74) is 0. The van der Waals surface area contributed by atoms with E-state index in [0.29, 0.717) is 6.42 Å². The molecule has 2 bridgehead atoms. The summed E-state index contributed by atoms with van der Waals surface area (Å²) in [6.45, 7) is 1.91. The first kappa shape index (κ1) is 10.7. The van der Waals surface area contributed by atoms with Crippen molar-refractivity contribution in [1.29, 1.82) is 0 Å². The lowest BCUT2D eigenvalue weighted by Gasteiger charge is -2.23. The summed E-state index contributed by atoms with van der Waals surface area (Å²) in [6.07, 6.45) is -0.552. The largest absolute Gasteiger partial charge is 0.368 e. The van der Waals surface area contributed by atoms with Gasteiger partial charge in [-0.1, -0.05) is 22.6 Å². The summed E-state index contributed by atoms with van der Waals surface area (Å²) >= 11 is 2.14. The smallest absolute Gasteiger partial charge is 0.273 e. The second kappa shape index (κ2) is 3.28. The van der Waals surface area contributed by atoms with Crippen LogP contribution in [0.15, 0.2) is 0 Å². The van der Waals surface area contributed by atoms with Gasteiger partial charge in [-0.15, -0.1) is 0 Å². The summed E-state index contributed by atoms with van der Waals surface area (Å²) in [4.78, 5) is 0. The van der Waals surface area contributed by atoms with Gasteiger partial charge < -0.3 is 9.47 Å². The monoisotopic (exact) mass is 346 g/mol. The molecule has 7 heteroatoms. The van der Waals surface area contributed by atoms with Gasteiger partial charge in [0.15, 0.2) is 0 Å². The second-order valence-corrected chi connectivity index (χ2v) is 7.65. The molecule has 86 valence electrons. The number of rotatable bonds is 2. The highest BCUT2D eigenvalue weighted by Gasteiger charge is 2.66. The molecule has 6 atom stereocenters. The van der Waals surface area contributed by atoms with E-state index in [9.17, 15) is 8.42 Å². The molecular formula is C8H11IO5S. The summed E-state index contributed by atoms with van der Waals surface area (Å²) in [5, 5.41) is -0.461. The van der Waals surface area contributed by atoms with E-state index in [1.165, 1.54) is 0 Å². The van der Waals surface area contributed by atoms with Gasteiger partial charge in [-0.05, 0) is 13.3 Å². The molecule has 0 aliphatic carbocycles. The molecule has 3 aliphatic rings. The predicted octanol–water partition coefficient (Wildman–Crippen LogP) is 0.421. The molecule has 0 amide bonds. The van der Waals surface area contributed by atoms with Gasteiger partial charge >= 0.3 is 0 Å². The zero-order valence-corrected chi connectivity index (χ0v) is 11.0. The van der Waals surface area contributed by atoms with Crippen LogP contribution in [0, 0.1) is 0 Å². The minimum absolute atomic E-state index is 0.0286. The van der Waals surface area contributed by atoms with Crippen LogP contribution in [0.2, 0.25) is 0 Å². The number of fused-ring (bicyclic) bond motifs is 1. The van der Waals surface area contributed by atoms with Crippen molar-refractivity contribution >= 4 is 32.7 Å². The highest BCUT2D eigenvalue weighted by Crippen LogP contribution is 2.48. The molecule has 3 saturated heterocycles. The van der Waals surface area contributed by atoms with Crippen molar-refractivity contribution < 1.29 is 22.1 Å². The summed E-state index contributed by atoms with van der Waals surface area (Å²) in [6, 6.07) is 0. The Labute approximate surface area is 102 Å². The molecule has 5 unspecified atom stereocenters. The number of halogens is 1. The summed E-state index contributed by atoms with van der Waals surface area (Å²) in [5.74, 6) is 0. The standard InChI is InChI=1S/C8H11IO5S/c1-3(9)12-6-4-2-5-7(13-4)8(6)14-15(5,10)11/h3-8H,2H2,1H3/t3?,4?,5?,6-,7?,8?/m0/s1. The van der Waals surface area contributed by atoms with Crippen molar-refractivity contribution in [3.63, 3.8) is 0 Å². The first-order valence-electron chi connectivity index (χ1n) is 4.86. The molecule has 0 radical (unpaired) electrons. The van der Waals surface area contributed by atoms with E-state index >= 15 is 0 Å². The van der Waals surface area contributed by atoms with Crippen molar-refractivity contribution in [3.05, 3.63) is 0 Å². The molecule has 3 aliphatic heterocycles. The highest BCUT2D eigenvalue weighted by atomic mass is 127. The SMILES string of the molecule is CC(I)O[C@H]1C2CC3C(O2)C1OS3(=O)=O. The third kappa shape index (κ3) is 1.47. The lowest BCUT2D eigenvalue weighted by atomic mass is 9.94. The molecule has 0 spiro atoms. The third-order valence-electron chi connectivity index (χ3n) is 3.14. The second-order valence-electron chi connectivity index (χ2n) is 4.11. The van der Waals surface area contributed by atoms with E-state index in [0.717, 1.165) is 0 Å². The zero-order valence-electron chi connectivity index (χ0n) is 8.00. The first-order chi connectivity index (χ1) is 6.99. The van der Waals surface area contributed by atoms with Crippen LogP contribution in [-0.2, 0) is 23.8 Å². The summed E-state index contributed by atoms with van der Waals surface area (Å²) in [7, 11) is -3.41. The summed E-state index contributed by atoms with van der Waals surface area (Å²) < 4.78 is 39.4. The van der Waals surface area contributed by atoms with Gasteiger partial charge in [0.05, 0.1) is 6.10 Å². The average molecular weight is 346 g/mol. The average Bonchev–Trinajstić information content (AvgIpc) is 2.67. The maximum atomic E-state index is 11.6. The van der Waals surface area contributed by atoms with E-state index < -0.39 is 21.5 Å². The minimum atomic E-state index is -3.41. The van der Waals surface area contributed by atoms with E-state index in [1.807, 2.05) is 6.92 Å². The van der Waals surface area contributed by atoms with Crippen LogP contribution in [0.5, 0.6) is 0 Å². The fourth-order valence-electron chi connectivity index (χ4n) is 2.61. The molecule has 0 saturated carbocycles. The Kier molecular flexibility index (Phi) is 2.34. The Bertz CT molecular complexity index is 380. The number of ether oxygens (including phenoxy) is 2. The molecule has 0 aromatic heterocycles. The number of alkyl halides is 1. The lowest BCUT2D eigenvalue weighted by molar-refractivity contribution is -0.0275.